The van der Waals surface area contributed by atoms with Crippen molar-refractivity contribution < 1.29 is 19.0 Å². The van der Waals surface area contributed by atoms with E-state index in [1.807, 2.05) is 12.1 Å². The van der Waals surface area contributed by atoms with Crippen molar-refractivity contribution >= 4 is 11.7 Å². The number of nitrogens with one attached hydrogen (secondary N) is 1. The summed E-state index contributed by atoms with van der Waals surface area (Å²) in [4.78, 5) is 17.5. The van der Waals surface area contributed by atoms with Gasteiger partial charge in [0.2, 0.25) is 11.7 Å². The zero-order chi connectivity index (χ0) is 20.1. The van der Waals surface area contributed by atoms with E-state index in [1.54, 1.807) is 26.0 Å². The number of hydrogen-bond acceptors (Lipinski definition) is 7. The summed E-state index contributed by atoms with van der Waals surface area (Å²) in [6.07, 6.45) is 2.72. The van der Waals surface area contributed by atoms with Crippen molar-refractivity contribution in [1.29, 1.82) is 0 Å². The van der Waals surface area contributed by atoms with Gasteiger partial charge in [0.05, 0.1) is 21.3 Å². The Balaban J connectivity index is 1.96. The largest absolute Gasteiger partial charge is 0.493 e. The highest BCUT2D eigenvalue weighted by Gasteiger charge is 2.42. The highest BCUT2D eigenvalue weighted by Crippen LogP contribution is 2.50. The Hall–Kier alpha value is -3.03. The summed E-state index contributed by atoms with van der Waals surface area (Å²) in [7, 11) is 4.71. The van der Waals surface area contributed by atoms with Crippen LogP contribution in [0.25, 0.3) is 0 Å². The second kappa shape index (κ2) is 6.54. The first-order valence-electron chi connectivity index (χ1n) is 9.12. The number of methoxy groups -OCH3 is 3. The van der Waals surface area contributed by atoms with Crippen LogP contribution >= 0.6 is 0 Å². The number of ether oxygens (including phenoxy) is 3. The number of benzene rings is 1. The molecule has 148 valence electrons. The van der Waals surface area contributed by atoms with Gasteiger partial charge in [-0.05, 0) is 24.0 Å². The molecule has 1 aliphatic heterocycles. The Labute approximate surface area is 163 Å². The topological polar surface area (TPSA) is 87.5 Å². The summed E-state index contributed by atoms with van der Waals surface area (Å²) in [5.74, 6) is 2.25. The third-order valence-corrected chi connectivity index (χ3v) is 5.30. The number of aromatic nitrogens is 3. The number of carbonyl (C=O) groups is 1. The minimum Gasteiger partial charge on any atom is -0.493 e. The van der Waals surface area contributed by atoms with E-state index in [2.05, 4.69) is 29.2 Å². The first kappa shape index (κ1) is 18.3. The summed E-state index contributed by atoms with van der Waals surface area (Å²) >= 11 is 0. The molecule has 8 heteroatoms. The Morgan fingerprint density at radius 2 is 1.86 bits per heavy atom. The van der Waals surface area contributed by atoms with E-state index < -0.39 is 6.04 Å². The average molecular weight is 384 g/mol. The van der Waals surface area contributed by atoms with Crippen LogP contribution in [0.5, 0.6) is 17.2 Å². The molecule has 0 radical (unpaired) electrons. The number of fused-ring (bicyclic) bond motifs is 1. The lowest BCUT2D eigenvalue weighted by molar-refractivity contribution is -0.118. The summed E-state index contributed by atoms with van der Waals surface area (Å²) in [6.45, 7) is 4.20. The molecule has 4 rings (SSSR count). The molecule has 0 saturated heterocycles. The quantitative estimate of drug-likeness (QED) is 0.867. The van der Waals surface area contributed by atoms with Gasteiger partial charge < -0.3 is 19.5 Å². The molecular formula is C20H24N4O4. The van der Waals surface area contributed by atoms with Gasteiger partial charge in [-0.15, -0.1) is 0 Å². The molecule has 1 aromatic heterocycles. The number of carbonyl (C=O) groups excluding carboxylic acids is 1. The molecule has 2 aromatic rings. The zero-order valence-corrected chi connectivity index (χ0v) is 16.7. The standard InChI is InChI=1S/C20H24N4O4/c1-20(2)8-12-15(13(25)9-20)16(24-19(23-12)21-10-22-24)11-6-7-14(26-3)18(28-5)17(11)27-4/h6-7,10,16H,8-9H2,1-5H3,(H,21,22,23)/t16-/m0/s1. The molecule has 0 amide bonds. The molecule has 0 unspecified atom stereocenters. The summed E-state index contributed by atoms with van der Waals surface area (Å²) < 4.78 is 18.4. The van der Waals surface area contributed by atoms with Crippen molar-refractivity contribution in [3.63, 3.8) is 0 Å². The van der Waals surface area contributed by atoms with Crippen LogP contribution < -0.4 is 19.5 Å². The maximum absolute atomic E-state index is 13.2. The minimum absolute atomic E-state index is 0.0988. The SMILES string of the molecule is COc1ccc([C@H]2C3=C(CC(C)(C)CC3=O)Nc3ncnn32)c(OC)c1OC. The van der Waals surface area contributed by atoms with Crippen molar-refractivity contribution in [2.45, 2.75) is 32.7 Å². The predicted octanol–water partition coefficient (Wildman–Crippen LogP) is 2.96. The number of hydrogen-bond donors (Lipinski definition) is 1. The second-order valence-electron chi connectivity index (χ2n) is 7.81. The molecule has 8 nitrogen and oxygen atoms in total. The summed E-state index contributed by atoms with van der Waals surface area (Å²) in [5, 5.41) is 7.68. The van der Waals surface area contributed by atoms with E-state index in [9.17, 15) is 4.79 Å². The molecule has 0 spiro atoms. The van der Waals surface area contributed by atoms with Crippen LogP contribution in [-0.4, -0.2) is 41.9 Å². The first-order chi connectivity index (χ1) is 13.4. The Morgan fingerprint density at radius 3 is 2.54 bits per heavy atom. The highest BCUT2D eigenvalue weighted by molar-refractivity contribution is 6.00. The van der Waals surface area contributed by atoms with Crippen molar-refractivity contribution in [3.8, 4) is 17.2 Å². The average Bonchev–Trinajstić information content (AvgIpc) is 3.12. The van der Waals surface area contributed by atoms with Gasteiger partial charge in [0.25, 0.3) is 0 Å². The first-order valence-corrected chi connectivity index (χ1v) is 9.12. The van der Waals surface area contributed by atoms with Crippen LogP contribution in [0.1, 0.15) is 38.3 Å². The van der Waals surface area contributed by atoms with Gasteiger partial charge in [-0.3, -0.25) is 4.79 Å². The van der Waals surface area contributed by atoms with Gasteiger partial charge in [-0.1, -0.05) is 13.8 Å². The van der Waals surface area contributed by atoms with Crippen LogP contribution in [0, 0.1) is 5.41 Å². The van der Waals surface area contributed by atoms with Gasteiger partial charge >= 0.3 is 0 Å². The van der Waals surface area contributed by atoms with Crippen LogP contribution in [0.3, 0.4) is 0 Å². The minimum atomic E-state index is -0.452. The third kappa shape index (κ3) is 2.71. The number of rotatable bonds is 4. The lowest BCUT2D eigenvalue weighted by atomic mass is 9.73. The number of anilines is 1. The van der Waals surface area contributed by atoms with E-state index in [1.165, 1.54) is 6.33 Å². The Kier molecular flexibility index (Phi) is 4.28. The fraction of sp³-hybridized carbons (Fsp3) is 0.450. The van der Waals surface area contributed by atoms with Crippen molar-refractivity contribution in [1.82, 2.24) is 14.8 Å². The molecular weight excluding hydrogens is 360 g/mol. The van der Waals surface area contributed by atoms with E-state index in [0.717, 1.165) is 17.7 Å². The van der Waals surface area contributed by atoms with Crippen molar-refractivity contribution in [2.75, 3.05) is 26.6 Å². The summed E-state index contributed by atoms with van der Waals surface area (Å²) in [5.41, 5.74) is 2.25. The van der Waals surface area contributed by atoms with E-state index >= 15 is 0 Å². The molecule has 1 atom stereocenters. The lowest BCUT2D eigenvalue weighted by Gasteiger charge is -2.38. The Morgan fingerprint density at radius 1 is 1.11 bits per heavy atom. The molecule has 0 bridgehead atoms. The van der Waals surface area contributed by atoms with Gasteiger partial charge in [0.1, 0.15) is 12.4 Å². The molecule has 2 aliphatic rings. The van der Waals surface area contributed by atoms with E-state index in [4.69, 9.17) is 14.2 Å². The smallest absolute Gasteiger partial charge is 0.226 e. The number of allylic oxidation sites excluding steroid dienone is 2. The normalized spacial score (nSPS) is 20.2. The molecule has 0 fully saturated rings. The summed E-state index contributed by atoms with van der Waals surface area (Å²) in [6, 6.07) is 3.25. The monoisotopic (exact) mass is 384 g/mol. The second-order valence-corrected chi connectivity index (χ2v) is 7.81. The van der Waals surface area contributed by atoms with E-state index in [0.29, 0.717) is 35.2 Å². The van der Waals surface area contributed by atoms with Gasteiger partial charge in [-0.2, -0.15) is 10.1 Å². The maximum atomic E-state index is 13.2. The predicted molar refractivity (Wildman–Crippen MR) is 103 cm³/mol. The third-order valence-electron chi connectivity index (χ3n) is 5.30. The highest BCUT2D eigenvalue weighted by atomic mass is 16.5. The molecule has 0 saturated carbocycles. The van der Waals surface area contributed by atoms with Gasteiger partial charge in [0.15, 0.2) is 17.3 Å². The lowest BCUT2D eigenvalue weighted by Crippen LogP contribution is -2.36. The number of Topliss-reactive ketones (excluding diaryl/α,β-unsaturated/α-hetero) is 1. The maximum Gasteiger partial charge on any atom is 0.226 e. The van der Waals surface area contributed by atoms with Crippen molar-refractivity contribution in [2.24, 2.45) is 5.41 Å². The molecule has 1 aromatic carbocycles. The molecule has 1 aliphatic carbocycles. The Bertz CT molecular complexity index is 977. The fourth-order valence-corrected chi connectivity index (χ4v) is 4.18. The fourth-order valence-electron chi connectivity index (χ4n) is 4.18. The molecule has 28 heavy (non-hydrogen) atoms. The van der Waals surface area contributed by atoms with Crippen LogP contribution in [0.15, 0.2) is 29.7 Å². The molecule has 2 heterocycles. The van der Waals surface area contributed by atoms with Gasteiger partial charge in [0, 0.05) is 23.3 Å². The molecule has 1 N–H and O–H groups in total. The van der Waals surface area contributed by atoms with Crippen molar-refractivity contribution in [3.05, 3.63) is 35.3 Å². The van der Waals surface area contributed by atoms with Crippen LogP contribution in [0.4, 0.5) is 5.95 Å². The van der Waals surface area contributed by atoms with Crippen LogP contribution in [-0.2, 0) is 4.79 Å². The number of nitrogens with zero attached hydrogens (tertiary/aromatic N) is 3. The zero-order valence-electron chi connectivity index (χ0n) is 16.7. The van der Waals surface area contributed by atoms with Gasteiger partial charge in [-0.25, -0.2) is 4.68 Å². The van der Waals surface area contributed by atoms with Crippen LogP contribution in [0.2, 0.25) is 0 Å². The number of ketones is 1. The van der Waals surface area contributed by atoms with E-state index in [-0.39, 0.29) is 11.2 Å².